The molecule has 1 aliphatic heterocycles. The smallest absolute Gasteiger partial charge is 0.234 e. The lowest BCUT2D eigenvalue weighted by atomic mass is 10.1. The van der Waals surface area contributed by atoms with E-state index in [1.807, 2.05) is 6.07 Å². The summed E-state index contributed by atoms with van der Waals surface area (Å²) in [5.74, 6) is 0.541. The fourth-order valence-electron chi connectivity index (χ4n) is 2.37. The molecule has 1 aromatic carbocycles. The molecule has 0 unspecified atom stereocenters. The van der Waals surface area contributed by atoms with E-state index in [0.29, 0.717) is 5.92 Å². The molecule has 1 N–H and O–H groups in total. The average molecular weight is 267 g/mol. The predicted octanol–water partition coefficient (Wildman–Crippen LogP) is 1.86. The fourth-order valence-corrected chi connectivity index (χ4v) is 2.46. The zero-order valence-electron chi connectivity index (χ0n) is 10.4. The lowest BCUT2D eigenvalue weighted by molar-refractivity contribution is -0.118. The van der Waals surface area contributed by atoms with E-state index in [0.717, 1.165) is 32.6 Å². The number of carbonyl (C=O) groups excluding carboxylic acids is 1. The van der Waals surface area contributed by atoms with Crippen molar-refractivity contribution in [2.45, 2.75) is 13.0 Å². The Labute approximate surface area is 113 Å². The molecule has 3 nitrogen and oxygen atoms in total. The number of benzene rings is 1. The van der Waals surface area contributed by atoms with Crippen LogP contribution in [0.4, 0.5) is 0 Å². The van der Waals surface area contributed by atoms with Crippen LogP contribution in [0.15, 0.2) is 30.3 Å². The van der Waals surface area contributed by atoms with E-state index in [4.69, 9.17) is 11.6 Å². The summed E-state index contributed by atoms with van der Waals surface area (Å²) in [4.78, 5) is 13.5. The number of nitrogens with zero attached hydrogens (tertiary/aromatic N) is 1. The number of likely N-dealkylation sites (tertiary alicyclic amines) is 1. The Bertz CT molecular complexity index is 383. The molecule has 1 aromatic rings. The molecule has 1 aliphatic rings. The normalized spacial score (nSPS) is 19.9. The second-order valence-electron chi connectivity index (χ2n) is 4.81. The quantitative estimate of drug-likeness (QED) is 0.825. The summed E-state index contributed by atoms with van der Waals surface area (Å²) in [5.41, 5.74) is 1.35. The van der Waals surface area contributed by atoms with Gasteiger partial charge < -0.3 is 5.32 Å². The van der Waals surface area contributed by atoms with Gasteiger partial charge in [0, 0.05) is 19.6 Å². The highest BCUT2D eigenvalue weighted by molar-refractivity contribution is 6.27. The van der Waals surface area contributed by atoms with Gasteiger partial charge in [-0.25, -0.2) is 0 Å². The Morgan fingerprint density at radius 3 is 2.89 bits per heavy atom. The lowest BCUT2D eigenvalue weighted by Gasteiger charge is -2.16. The van der Waals surface area contributed by atoms with Crippen LogP contribution in [0.25, 0.3) is 0 Å². The number of hydrogen-bond donors (Lipinski definition) is 1. The largest absolute Gasteiger partial charge is 0.355 e. The summed E-state index contributed by atoms with van der Waals surface area (Å²) in [6, 6.07) is 10.5. The van der Waals surface area contributed by atoms with Gasteiger partial charge in [0.1, 0.15) is 5.88 Å². The molecule has 2 rings (SSSR count). The van der Waals surface area contributed by atoms with Crippen molar-refractivity contribution in [3.63, 3.8) is 0 Å². The zero-order chi connectivity index (χ0) is 12.8. The third-order valence-electron chi connectivity index (χ3n) is 3.33. The Morgan fingerprint density at radius 2 is 2.17 bits per heavy atom. The van der Waals surface area contributed by atoms with Gasteiger partial charge in [0.25, 0.3) is 0 Å². The van der Waals surface area contributed by atoms with Crippen molar-refractivity contribution < 1.29 is 4.79 Å². The maximum absolute atomic E-state index is 11.1. The summed E-state index contributed by atoms with van der Waals surface area (Å²) in [6.45, 7) is 3.91. The number of rotatable bonds is 5. The van der Waals surface area contributed by atoms with Crippen molar-refractivity contribution >= 4 is 17.5 Å². The molecule has 0 aliphatic carbocycles. The third-order valence-corrected chi connectivity index (χ3v) is 3.57. The topological polar surface area (TPSA) is 32.3 Å². The summed E-state index contributed by atoms with van der Waals surface area (Å²) >= 11 is 5.45. The highest BCUT2D eigenvalue weighted by atomic mass is 35.5. The number of carbonyl (C=O) groups is 1. The summed E-state index contributed by atoms with van der Waals surface area (Å²) < 4.78 is 0. The molecule has 18 heavy (non-hydrogen) atoms. The highest BCUT2D eigenvalue weighted by Crippen LogP contribution is 2.17. The second-order valence-corrected chi connectivity index (χ2v) is 5.08. The van der Waals surface area contributed by atoms with Crippen LogP contribution in [0.3, 0.4) is 0 Å². The maximum atomic E-state index is 11.1. The minimum atomic E-state index is -0.0711. The van der Waals surface area contributed by atoms with Crippen LogP contribution in [-0.2, 0) is 11.3 Å². The van der Waals surface area contributed by atoms with Crippen molar-refractivity contribution in [3.05, 3.63) is 35.9 Å². The molecular formula is C14H19ClN2O. The van der Waals surface area contributed by atoms with Gasteiger partial charge >= 0.3 is 0 Å². The Balaban J connectivity index is 1.73. The van der Waals surface area contributed by atoms with Crippen molar-refractivity contribution in [2.24, 2.45) is 5.92 Å². The summed E-state index contributed by atoms with van der Waals surface area (Å²) in [6.07, 6.45) is 1.15. The number of halogens is 1. The Hall–Kier alpha value is -1.06. The van der Waals surface area contributed by atoms with Crippen molar-refractivity contribution in [1.29, 1.82) is 0 Å². The second kappa shape index (κ2) is 6.76. The Kier molecular flexibility index (Phi) is 5.02. The third kappa shape index (κ3) is 4.00. The van der Waals surface area contributed by atoms with Gasteiger partial charge in [-0.2, -0.15) is 0 Å². The van der Waals surface area contributed by atoms with Crippen LogP contribution in [0, 0.1) is 5.92 Å². The van der Waals surface area contributed by atoms with Crippen LogP contribution >= 0.6 is 11.6 Å². The highest BCUT2D eigenvalue weighted by Gasteiger charge is 2.22. The molecule has 1 fully saturated rings. The van der Waals surface area contributed by atoms with Gasteiger partial charge in [-0.1, -0.05) is 30.3 Å². The van der Waals surface area contributed by atoms with Crippen molar-refractivity contribution in [1.82, 2.24) is 10.2 Å². The molecule has 0 saturated carbocycles. The number of amides is 1. The van der Waals surface area contributed by atoms with Gasteiger partial charge in [0.05, 0.1) is 0 Å². The van der Waals surface area contributed by atoms with Gasteiger partial charge in [-0.3, -0.25) is 9.69 Å². The molecule has 98 valence electrons. The zero-order valence-corrected chi connectivity index (χ0v) is 11.2. The fraction of sp³-hybridized carbons (Fsp3) is 0.500. The predicted molar refractivity (Wildman–Crippen MR) is 73.6 cm³/mol. The van der Waals surface area contributed by atoms with Crippen LogP contribution < -0.4 is 5.32 Å². The molecule has 0 radical (unpaired) electrons. The van der Waals surface area contributed by atoms with Gasteiger partial charge in [0.2, 0.25) is 5.91 Å². The molecule has 0 aromatic heterocycles. The summed E-state index contributed by atoms with van der Waals surface area (Å²) in [5, 5.41) is 2.86. The van der Waals surface area contributed by atoms with Crippen LogP contribution in [-0.4, -0.2) is 36.3 Å². The number of alkyl halides is 1. The van der Waals surface area contributed by atoms with Crippen molar-refractivity contribution in [3.8, 4) is 0 Å². The summed E-state index contributed by atoms with van der Waals surface area (Å²) in [7, 11) is 0. The van der Waals surface area contributed by atoms with Crippen LogP contribution in [0.1, 0.15) is 12.0 Å². The minimum Gasteiger partial charge on any atom is -0.355 e. The first kappa shape index (κ1) is 13.4. The monoisotopic (exact) mass is 266 g/mol. The molecule has 0 spiro atoms. The van der Waals surface area contributed by atoms with E-state index >= 15 is 0 Å². The van der Waals surface area contributed by atoms with E-state index in [1.54, 1.807) is 0 Å². The molecule has 1 heterocycles. The average Bonchev–Trinajstić information content (AvgIpc) is 2.85. The number of nitrogens with one attached hydrogen (secondary N) is 1. The van der Waals surface area contributed by atoms with E-state index < -0.39 is 0 Å². The first-order chi connectivity index (χ1) is 8.78. The molecule has 1 atom stereocenters. The van der Waals surface area contributed by atoms with Gasteiger partial charge in [0.15, 0.2) is 0 Å². The van der Waals surface area contributed by atoms with Crippen molar-refractivity contribution in [2.75, 3.05) is 25.5 Å². The van der Waals surface area contributed by atoms with Gasteiger partial charge in [-0.05, 0) is 24.4 Å². The molecule has 0 bridgehead atoms. The maximum Gasteiger partial charge on any atom is 0.234 e. The lowest BCUT2D eigenvalue weighted by Crippen LogP contribution is -2.31. The molecule has 1 amide bonds. The minimum absolute atomic E-state index is 0.0560. The van der Waals surface area contributed by atoms with Gasteiger partial charge in [-0.15, -0.1) is 11.6 Å². The van der Waals surface area contributed by atoms with E-state index in [1.165, 1.54) is 5.56 Å². The standard InChI is InChI=1S/C14H19ClN2O/c15-8-14(18)16-9-13-6-7-17(11-13)10-12-4-2-1-3-5-12/h1-5,13H,6-11H2,(H,16,18)/t13-/m0/s1. The first-order valence-corrected chi connectivity index (χ1v) is 6.90. The van der Waals surface area contributed by atoms with E-state index in [9.17, 15) is 4.79 Å². The molecule has 4 heteroatoms. The van der Waals surface area contributed by atoms with Crippen LogP contribution in [0.5, 0.6) is 0 Å². The van der Waals surface area contributed by atoms with E-state index in [-0.39, 0.29) is 11.8 Å². The van der Waals surface area contributed by atoms with Crippen LogP contribution in [0.2, 0.25) is 0 Å². The Morgan fingerprint density at radius 1 is 1.39 bits per heavy atom. The van der Waals surface area contributed by atoms with E-state index in [2.05, 4.69) is 34.5 Å². The first-order valence-electron chi connectivity index (χ1n) is 6.37. The number of hydrogen-bond acceptors (Lipinski definition) is 2. The SMILES string of the molecule is O=C(CCl)NC[C@@H]1CCN(Cc2ccccc2)C1. The molecular weight excluding hydrogens is 248 g/mol. The molecule has 1 saturated heterocycles.